The first kappa shape index (κ1) is 11.3. The molecule has 17 heavy (non-hydrogen) atoms. The Morgan fingerprint density at radius 2 is 2.00 bits per heavy atom. The van der Waals surface area contributed by atoms with Gasteiger partial charge in [0.15, 0.2) is 9.84 Å². The predicted molar refractivity (Wildman–Crippen MR) is 66.7 cm³/mol. The molecule has 0 aromatic heterocycles. The highest BCUT2D eigenvalue weighted by Gasteiger charge is 2.49. The summed E-state index contributed by atoms with van der Waals surface area (Å²) < 4.78 is 22.5. The average Bonchev–Trinajstić information content (AvgIpc) is 2.60. The van der Waals surface area contributed by atoms with Gasteiger partial charge in [-0.15, -0.1) is 0 Å². The van der Waals surface area contributed by atoms with Gasteiger partial charge in [-0.05, 0) is 35.2 Å². The number of hydrogen-bond acceptors (Lipinski definition) is 3. The molecule has 1 N–H and O–H groups in total. The van der Waals surface area contributed by atoms with Gasteiger partial charge in [0.25, 0.3) is 0 Å². The lowest BCUT2D eigenvalue weighted by Gasteiger charge is -2.37. The van der Waals surface area contributed by atoms with Crippen LogP contribution in [0.5, 0.6) is 0 Å². The van der Waals surface area contributed by atoms with Gasteiger partial charge in [0.2, 0.25) is 0 Å². The van der Waals surface area contributed by atoms with Crippen LogP contribution in [0.4, 0.5) is 0 Å². The first-order chi connectivity index (χ1) is 7.90. The maximum absolute atomic E-state index is 11.3. The molecule has 0 saturated carbocycles. The molecule has 1 aliphatic carbocycles. The molecule has 1 aromatic carbocycles. The molecule has 0 unspecified atom stereocenters. The lowest BCUT2D eigenvalue weighted by Crippen LogP contribution is -2.52. The van der Waals surface area contributed by atoms with E-state index in [0.29, 0.717) is 10.6 Å². The summed E-state index contributed by atoms with van der Waals surface area (Å²) in [7, 11) is -3.08. The standard InChI is InChI=1S/C12H11ClO3S/c13-9-4-8-2-1-3-10(8)11(5-9)12(14)6-17(15,16)7-12/h1-2,4-5,14H,3,6-7H2. The van der Waals surface area contributed by atoms with Crippen molar-refractivity contribution < 1.29 is 13.5 Å². The van der Waals surface area contributed by atoms with Gasteiger partial charge in [0.05, 0.1) is 11.5 Å². The van der Waals surface area contributed by atoms with Crippen LogP contribution in [0.15, 0.2) is 18.2 Å². The van der Waals surface area contributed by atoms with Crippen molar-refractivity contribution >= 4 is 27.5 Å². The van der Waals surface area contributed by atoms with Crippen molar-refractivity contribution in [3.05, 3.63) is 39.9 Å². The molecular formula is C12H11ClO3S. The second-order valence-electron chi connectivity index (χ2n) is 4.69. The van der Waals surface area contributed by atoms with Crippen LogP contribution >= 0.6 is 11.6 Å². The van der Waals surface area contributed by atoms with Crippen LogP contribution in [0.2, 0.25) is 5.02 Å². The molecule has 3 nitrogen and oxygen atoms in total. The topological polar surface area (TPSA) is 54.4 Å². The Balaban J connectivity index is 2.12. The molecule has 5 heteroatoms. The largest absolute Gasteiger partial charge is 0.383 e. The van der Waals surface area contributed by atoms with Crippen LogP contribution in [0.1, 0.15) is 16.7 Å². The minimum absolute atomic E-state index is 0.202. The van der Waals surface area contributed by atoms with Gasteiger partial charge in [-0.3, -0.25) is 0 Å². The van der Waals surface area contributed by atoms with E-state index >= 15 is 0 Å². The van der Waals surface area contributed by atoms with Crippen LogP contribution in [0, 0.1) is 0 Å². The molecule has 0 atom stereocenters. The van der Waals surface area contributed by atoms with E-state index in [1.807, 2.05) is 18.2 Å². The van der Waals surface area contributed by atoms with E-state index in [2.05, 4.69) is 0 Å². The zero-order chi connectivity index (χ0) is 12.3. The Bertz CT molecular complexity index is 619. The molecule has 1 saturated heterocycles. The summed E-state index contributed by atoms with van der Waals surface area (Å²) in [6, 6.07) is 3.52. The Morgan fingerprint density at radius 3 is 2.65 bits per heavy atom. The fraction of sp³-hybridized carbons (Fsp3) is 0.333. The summed E-state index contributed by atoms with van der Waals surface area (Å²) in [5, 5.41) is 10.9. The van der Waals surface area contributed by atoms with Crippen LogP contribution in [0.25, 0.3) is 6.08 Å². The lowest BCUT2D eigenvalue weighted by molar-refractivity contribution is 0.0683. The molecule has 0 radical (unpaired) electrons. The molecule has 3 rings (SSSR count). The van der Waals surface area contributed by atoms with Crippen molar-refractivity contribution in [3.63, 3.8) is 0 Å². The van der Waals surface area contributed by atoms with Crippen molar-refractivity contribution in [3.8, 4) is 0 Å². The average molecular weight is 271 g/mol. The second kappa shape index (κ2) is 3.34. The maximum atomic E-state index is 11.3. The van der Waals surface area contributed by atoms with Crippen molar-refractivity contribution in [1.29, 1.82) is 0 Å². The number of sulfone groups is 1. The number of hydrogen-bond donors (Lipinski definition) is 1. The predicted octanol–water partition coefficient (Wildman–Crippen LogP) is 1.53. The second-order valence-corrected chi connectivity index (χ2v) is 7.19. The Morgan fingerprint density at radius 1 is 1.29 bits per heavy atom. The fourth-order valence-electron chi connectivity index (χ4n) is 2.59. The minimum Gasteiger partial charge on any atom is -0.383 e. The van der Waals surface area contributed by atoms with Crippen LogP contribution in [-0.4, -0.2) is 25.0 Å². The lowest BCUT2D eigenvalue weighted by atomic mass is 9.90. The van der Waals surface area contributed by atoms with E-state index in [9.17, 15) is 13.5 Å². The number of allylic oxidation sites excluding steroid dienone is 1. The summed E-state index contributed by atoms with van der Waals surface area (Å²) in [6.45, 7) is 0. The quantitative estimate of drug-likeness (QED) is 0.842. The molecule has 1 fully saturated rings. The Kier molecular flexibility index (Phi) is 2.21. The van der Waals surface area contributed by atoms with Crippen LogP contribution in [0.3, 0.4) is 0 Å². The number of rotatable bonds is 1. The number of halogens is 1. The van der Waals surface area contributed by atoms with Crippen LogP contribution in [-0.2, 0) is 21.9 Å². The molecule has 0 amide bonds. The van der Waals surface area contributed by atoms with E-state index in [4.69, 9.17) is 11.6 Å². The van der Waals surface area contributed by atoms with Crippen molar-refractivity contribution in [2.45, 2.75) is 12.0 Å². The summed E-state index contributed by atoms with van der Waals surface area (Å²) >= 11 is 5.99. The van der Waals surface area contributed by atoms with E-state index in [1.54, 1.807) is 6.07 Å². The fourth-order valence-corrected chi connectivity index (χ4v) is 4.50. The van der Waals surface area contributed by atoms with E-state index in [-0.39, 0.29) is 11.5 Å². The maximum Gasteiger partial charge on any atom is 0.156 e. The number of fused-ring (bicyclic) bond motifs is 1. The smallest absolute Gasteiger partial charge is 0.156 e. The van der Waals surface area contributed by atoms with Gasteiger partial charge in [-0.1, -0.05) is 23.8 Å². The van der Waals surface area contributed by atoms with Crippen LogP contribution < -0.4 is 0 Å². The van der Waals surface area contributed by atoms with Gasteiger partial charge >= 0.3 is 0 Å². The normalized spacial score (nSPS) is 23.2. The number of aliphatic hydroxyl groups is 1. The third-order valence-corrected chi connectivity index (χ3v) is 5.34. The van der Waals surface area contributed by atoms with Gasteiger partial charge in [-0.2, -0.15) is 0 Å². The highest BCUT2D eigenvalue weighted by atomic mass is 35.5. The van der Waals surface area contributed by atoms with Crippen molar-refractivity contribution in [2.75, 3.05) is 11.5 Å². The zero-order valence-electron chi connectivity index (χ0n) is 8.98. The first-order valence-corrected chi connectivity index (χ1v) is 7.52. The molecule has 0 bridgehead atoms. The third kappa shape index (κ3) is 1.71. The van der Waals surface area contributed by atoms with E-state index in [0.717, 1.165) is 17.5 Å². The van der Waals surface area contributed by atoms with Gasteiger partial charge in [-0.25, -0.2) is 8.42 Å². The van der Waals surface area contributed by atoms with Crippen molar-refractivity contribution in [1.82, 2.24) is 0 Å². The van der Waals surface area contributed by atoms with Gasteiger partial charge in [0.1, 0.15) is 5.60 Å². The monoisotopic (exact) mass is 270 g/mol. The van der Waals surface area contributed by atoms with Crippen molar-refractivity contribution in [2.24, 2.45) is 0 Å². The molecule has 1 aliphatic heterocycles. The summed E-state index contributed by atoms with van der Waals surface area (Å²) in [6.07, 6.45) is 4.66. The SMILES string of the molecule is O=S1(=O)CC(O)(c2cc(Cl)cc3c2CC=C3)C1. The van der Waals surface area contributed by atoms with Gasteiger partial charge in [0, 0.05) is 5.02 Å². The molecule has 1 aromatic rings. The Labute approximate surface area is 105 Å². The van der Waals surface area contributed by atoms with E-state index < -0.39 is 15.4 Å². The zero-order valence-corrected chi connectivity index (χ0v) is 10.6. The molecule has 0 spiro atoms. The summed E-state index contributed by atoms with van der Waals surface area (Å²) in [5.74, 6) is -0.403. The Hall–Kier alpha value is -0.840. The first-order valence-electron chi connectivity index (χ1n) is 5.32. The highest BCUT2D eigenvalue weighted by Crippen LogP contribution is 2.40. The summed E-state index contributed by atoms with van der Waals surface area (Å²) in [4.78, 5) is 0. The third-order valence-electron chi connectivity index (χ3n) is 3.29. The minimum atomic E-state index is -3.08. The highest BCUT2D eigenvalue weighted by molar-refractivity contribution is 7.92. The molecular weight excluding hydrogens is 260 g/mol. The number of benzene rings is 1. The molecule has 2 aliphatic rings. The summed E-state index contributed by atoms with van der Waals surface area (Å²) in [5.41, 5.74) is 1.39. The molecule has 90 valence electrons. The van der Waals surface area contributed by atoms with E-state index in [1.165, 1.54) is 0 Å². The van der Waals surface area contributed by atoms with Gasteiger partial charge < -0.3 is 5.11 Å². The molecule has 1 heterocycles.